The minimum Gasteiger partial charge on any atom is -0.481 e. The molecular formula is C17H17N5O3S. The van der Waals surface area contributed by atoms with Gasteiger partial charge in [0.05, 0.1) is 19.8 Å². The van der Waals surface area contributed by atoms with Crippen LogP contribution in [0.1, 0.15) is 21.6 Å². The summed E-state index contributed by atoms with van der Waals surface area (Å²) in [6.07, 6.45) is 3.23. The largest absolute Gasteiger partial charge is 0.481 e. The van der Waals surface area contributed by atoms with E-state index in [2.05, 4.69) is 25.5 Å². The van der Waals surface area contributed by atoms with Gasteiger partial charge in [0.1, 0.15) is 0 Å². The molecule has 134 valence electrons. The Balaban J connectivity index is 1.99. The van der Waals surface area contributed by atoms with Crippen molar-refractivity contribution in [2.24, 2.45) is 0 Å². The zero-order valence-corrected chi connectivity index (χ0v) is 15.5. The second kappa shape index (κ2) is 7.44. The predicted octanol–water partition coefficient (Wildman–Crippen LogP) is 2.88. The van der Waals surface area contributed by atoms with Gasteiger partial charge in [-0.15, -0.1) is 5.10 Å². The third kappa shape index (κ3) is 3.62. The van der Waals surface area contributed by atoms with Gasteiger partial charge in [0, 0.05) is 29.7 Å². The van der Waals surface area contributed by atoms with Crippen LogP contribution in [0.25, 0.3) is 11.1 Å². The van der Waals surface area contributed by atoms with E-state index in [4.69, 9.17) is 9.47 Å². The highest BCUT2D eigenvalue weighted by atomic mass is 32.1. The summed E-state index contributed by atoms with van der Waals surface area (Å²) in [5.41, 5.74) is 3.72. The van der Waals surface area contributed by atoms with Crippen LogP contribution in [0.5, 0.6) is 11.1 Å². The van der Waals surface area contributed by atoms with Crippen LogP contribution in [-0.2, 0) is 0 Å². The monoisotopic (exact) mass is 371 g/mol. The molecule has 0 unspecified atom stereocenters. The molecule has 26 heavy (non-hydrogen) atoms. The summed E-state index contributed by atoms with van der Waals surface area (Å²) < 4.78 is 10.1. The first-order valence-corrected chi connectivity index (χ1v) is 8.50. The van der Waals surface area contributed by atoms with E-state index in [0.717, 1.165) is 33.7 Å². The number of ether oxygens (including phenoxy) is 2. The Kier molecular flexibility index (Phi) is 5.08. The first-order valence-electron chi connectivity index (χ1n) is 7.68. The van der Waals surface area contributed by atoms with Crippen molar-refractivity contribution in [1.82, 2.24) is 20.2 Å². The average Bonchev–Trinajstić information content (AvgIpc) is 3.09. The molecule has 1 amide bonds. The molecule has 1 N–H and O–H groups in total. The lowest BCUT2D eigenvalue weighted by Crippen LogP contribution is -2.14. The van der Waals surface area contributed by atoms with Crippen LogP contribution in [0.15, 0.2) is 24.5 Å². The number of carbonyl (C=O) groups excluding carboxylic acids is 1. The van der Waals surface area contributed by atoms with E-state index in [-0.39, 0.29) is 5.91 Å². The molecule has 0 fully saturated rings. The van der Waals surface area contributed by atoms with Crippen LogP contribution in [0.2, 0.25) is 0 Å². The van der Waals surface area contributed by atoms with E-state index in [9.17, 15) is 4.79 Å². The van der Waals surface area contributed by atoms with Gasteiger partial charge in [0.2, 0.25) is 11.0 Å². The van der Waals surface area contributed by atoms with Gasteiger partial charge < -0.3 is 9.47 Å². The summed E-state index contributed by atoms with van der Waals surface area (Å²) in [7, 11) is 3.06. The van der Waals surface area contributed by atoms with Crippen molar-refractivity contribution in [2.45, 2.75) is 13.8 Å². The summed E-state index contributed by atoms with van der Waals surface area (Å²) in [5, 5.41) is 11.1. The fourth-order valence-corrected chi connectivity index (χ4v) is 2.95. The van der Waals surface area contributed by atoms with Crippen molar-refractivity contribution >= 4 is 22.4 Å². The molecule has 0 aliphatic carbocycles. The van der Waals surface area contributed by atoms with Crippen molar-refractivity contribution < 1.29 is 14.3 Å². The Morgan fingerprint density at radius 3 is 2.50 bits per heavy atom. The summed E-state index contributed by atoms with van der Waals surface area (Å²) >= 11 is 1.14. The molecule has 0 bridgehead atoms. The van der Waals surface area contributed by atoms with E-state index >= 15 is 0 Å². The standard InChI is InChI=1S/C17H17N5O3S/c1-9-5-14(24-3)19-7-12(9)11-6-10(2)18-8-13(11)15(23)20-16-21-22-17(25-4)26-16/h5-8H,1-4H3,(H,20,21,23). The van der Waals surface area contributed by atoms with E-state index in [1.54, 1.807) is 19.5 Å². The molecule has 0 radical (unpaired) electrons. The Bertz CT molecular complexity index is 957. The summed E-state index contributed by atoms with van der Waals surface area (Å²) in [6, 6.07) is 3.68. The molecule has 3 aromatic rings. The molecular weight excluding hydrogens is 354 g/mol. The first kappa shape index (κ1) is 17.7. The van der Waals surface area contributed by atoms with E-state index in [1.165, 1.54) is 7.11 Å². The van der Waals surface area contributed by atoms with Gasteiger partial charge in [-0.3, -0.25) is 15.1 Å². The minimum absolute atomic E-state index is 0.332. The molecule has 3 rings (SSSR count). The Morgan fingerprint density at radius 1 is 1.04 bits per heavy atom. The number of aromatic nitrogens is 4. The van der Waals surface area contributed by atoms with E-state index in [0.29, 0.717) is 21.8 Å². The van der Waals surface area contributed by atoms with Gasteiger partial charge in [-0.25, -0.2) is 4.98 Å². The SMILES string of the molecule is COc1cc(C)c(-c2cc(C)ncc2C(=O)Nc2nnc(OC)s2)cn1. The van der Waals surface area contributed by atoms with Gasteiger partial charge in [-0.1, -0.05) is 5.10 Å². The fourth-order valence-electron chi connectivity index (χ4n) is 2.39. The quantitative estimate of drug-likeness (QED) is 0.736. The molecule has 0 saturated heterocycles. The number of amides is 1. The van der Waals surface area contributed by atoms with Crippen LogP contribution in [0.4, 0.5) is 5.13 Å². The number of pyridine rings is 2. The number of nitrogens with one attached hydrogen (secondary N) is 1. The highest BCUT2D eigenvalue weighted by Gasteiger charge is 2.18. The molecule has 0 spiro atoms. The maximum atomic E-state index is 12.8. The van der Waals surface area contributed by atoms with Crippen molar-refractivity contribution in [2.75, 3.05) is 19.5 Å². The topological polar surface area (TPSA) is 99.1 Å². The van der Waals surface area contributed by atoms with Crippen LogP contribution in [0.3, 0.4) is 0 Å². The molecule has 3 heterocycles. The number of hydrogen-bond donors (Lipinski definition) is 1. The Hall–Kier alpha value is -3.07. The highest BCUT2D eigenvalue weighted by Crippen LogP contribution is 2.29. The summed E-state index contributed by atoms with van der Waals surface area (Å²) in [5.74, 6) is 0.186. The third-order valence-corrected chi connectivity index (χ3v) is 4.47. The fraction of sp³-hybridized carbons (Fsp3) is 0.235. The first-order chi connectivity index (χ1) is 12.5. The third-order valence-electron chi connectivity index (χ3n) is 3.67. The zero-order chi connectivity index (χ0) is 18.7. The average molecular weight is 371 g/mol. The number of hydrogen-bond acceptors (Lipinski definition) is 8. The van der Waals surface area contributed by atoms with Crippen molar-refractivity contribution in [3.8, 4) is 22.2 Å². The minimum atomic E-state index is -0.332. The second-order valence-corrected chi connectivity index (χ2v) is 6.38. The number of carbonyl (C=O) groups is 1. The molecule has 8 nitrogen and oxygen atoms in total. The van der Waals surface area contributed by atoms with Crippen LogP contribution >= 0.6 is 11.3 Å². The zero-order valence-electron chi connectivity index (χ0n) is 14.7. The normalized spacial score (nSPS) is 10.5. The van der Waals surface area contributed by atoms with E-state index < -0.39 is 0 Å². The summed E-state index contributed by atoms with van der Waals surface area (Å²) in [6.45, 7) is 3.81. The van der Waals surface area contributed by atoms with Crippen molar-refractivity contribution in [3.05, 3.63) is 41.3 Å². The molecule has 0 aromatic carbocycles. The maximum absolute atomic E-state index is 12.8. The predicted molar refractivity (Wildman–Crippen MR) is 97.9 cm³/mol. The molecule has 0 aliphatic rings. The number of methoxy groups -OCH3 is 2. The maximum Gasteiger partial charge on any atom is 0.295 e. The number of nitrogens with zero attached hydrogens (tertiary/aromatic N) is 4. The summed E-state index contributed by atoms with van der Waals surface area (Å²) in [4.78, 5) is 21.3. The second-order valence-electron chi connectivity index (χ2n) is 5.44. The van der Waals surface area contributed by atoms with Crippen LogP contribution in [-0.4, -0.2) is 40.3 Å². The van der Waals surface area contributed by atoms with Gasteiger partial charge in [0.15, 0.2) is 0 Å². The highest BCUT2D eigenvalue weighted by molar-refractivity contribution is 7.17. The number of rotatable bonds is 5. The smallest absolute Gasteiger partial charge is 0.295 e. The molecule has 3 aromatic heterocycles. The van der Waals surface area contributed by atoms with Gasteiger partial charge in [-0.05, 0) is 42.4 Å². The van der Waals surface area contributed by atoms with Crippen LogP contribution in [0, 0.1) is 13.8 Å². The van der Waals surface area contributed by atoms with Gasteiger partial charge in [-0.2, -0.15) is 0 Å². The molecule has 0 saturated carbocycles. The lowest BCUT2D eigenvalue weighted by Gasteiger charge is -2.12. The molecule has 0 atom stereocenters. The molecule has 0 aliphatic heterocycles. The Labute approximate surface area is 154 Å². The van der Waals surface area contributed by atoms with E-state index in [1.807, 2.05) is 26.0 Å². The van der Waals surface area contributed by atoms with Crippen LogP contribution < -0.4 is 14.8 Å². The number of anilines is 1. The lowest BCUT2D eigenvalue weighted by atomic mass is 9.98. The van der Waals surface area contributed by atoms with Gasteiger partial charge >= 0.3 is 0 Å². The number of aryl methyl sites for hydroxylation is 2. The van der Waals surface area contributed by atoms with Crippen molar-refractivity contribution in [1.29, 1.82) is 0 Å². The van der Waals surface area contributed by atoms with Gasteiger partial charge in [0.25, 0.3) is 11.1 Å². The van der Waals surface area contributed by atoms with Crippen molar-refractivity contribution in [3.63, 3.8) is 0 Å². The Morgan fingerprint density at radius 2 is 1.85 bits per heavy atom. The lowest BCUT2D eigenvalue weighted by molar-refractivity contribution is 0.102. The molecule has 9 heteroatoms.